The van der Waals surface area contributed by atoms with Gasteiger partial charge in [-0.2, -0.15) is 0 Å². The van der Waals surface area contributed by atoms with E-state index in [0.29, 0.717) is 22.1 Å². The second-order valence-corrected chi connectivity index (χ2v) is 6.39. The quantitative estimate of drug-likeness (QED) is 0.758. The minimum absolute atomic E-state index is 0.198. The van der Waals surface area contributed by atoms with E-state index in [1.165, 1.54) is 19.2 Å². The average molecular weight is 312 g/mol. The molecule has 0 atom stereocenters. The molecule has 0 bridgehead atoms. The molecule has 0 saturated carbocycles. The molecule has 4 N–H and O–H groups in total. The van der Waals surface area contributed by atoms with Gasteiger partial charge in [0.25, 0.3) is 0 Å². The smallest absolute Gasteiger partial charge is 0.240 e. The minimum Gasteiger partial charge on any atom is -0.399 e. The number of nitrogens with two attached hydrogens (primary N) is 1. The Hall–Kier alpha value is -1.76. The zero-order chi connectivity index (χ0) is 14.8. The van der Waals surface area contributed by atoms with Crippen LogP contribution in [-0.4, -0.2) is 15.5 Å². The first-order valence-corrected chi connectivity index (χ1v) is 7.64. The molecule has 106 valence electrons. The van der Waals surface area contributed by atoms with Crippen LogP contribution in [0.1, 0.15) is 0 Å². The molecule has 0 aliphatic heterocycles. The second-order valence-electron chi connectivity index (χ2n) is 4.10. The van der Waals surface area contributed by atoms with Crippen LogP contribution in [0.3, 0.4) is 0 Å². The van der Waals surface area contributed by atoms with E-state index in [9.17, 15) is 8.42 Å². The van der Waals surface area contributed by atoms with Crippen LogP contribution in [0.2, 0.25) is 5.02 Å². The molecule has 2 aromatic carbocycles. The monoisotopic (exact) mass is 311 g/mol. The fraction of sp³-hybridized carbons (Fsp3) is 0.0769. The zero-order valence-electron chi connectivity index (χ0n) is 10.7. The molecule has 0 aliphatic carbocycles. The summed E-state index contributed by atoms with van der Waals surface area (Å²) in [7, 11) is -2.06. The number of nitrogens with one attached hydrogen (secondary N) is 2. The van der Waals surface area contributed by atoms with E-state index in [-0.39, 0.29) is 4.90 Å². The number of sulfonamides is 1. The Kier molecular flexibility index (Phi) is 4.17. The minimum atomic E-state index is -3.43. The van der Waals surface area contributed by atoms with Crippen molar-refractivity contribution in [1.29, 1.82) is 0 Å². The largest absolute Gasteiger partial charge is 0.399 e. The van der Waals surface area contributed by atoms with Gasteiger partial charge in [-0.3, -0.25) is 0 Å². The predicted octanol–water partition coefficient (Wildman–Crippen LogP) is 2.57. The Labute approximate surface area is 122 Å². The van der Waals surface area contributed by atoms with Crippen molar-refractivity contribution < 1.29 is 8.42 Å². The Bertz CT molecular complexity index is 715. The van der Waals surface area contributed by atoms with Crippen molar-refractivity contribution in [2.45, 2.75) is 4.90 Å². The Balaban J connectivity index is 2.25. The lowest BCUT2D eigenvalue weighted by Gasteiger charge is -2.10. The van der Waals surface area contributed by atoms with Crippen LogP contribution >= 0.6 is 11.6 Å². The fourth-order valence-electron chi connectivity index (χ4n) is 1.63. The van der Waals surface area contributed by atoms with Crippen molar-refractivity contribution in [2.24, 2.45) is 0 Å². The highest BCUT2D eigenvalue weighted by Crippen LogP contribution is 2.27. The molecule has 0 aliphatic rings. The van der Waals surface area contributed by atoms with E-state index in [1.54, 1.807) is 30.3 Å². The van der Waals surface area contributed by atoms with Crippen molar-refractivity contribution >= 4 is 38.7 Å². The van der Waals surface area contributed by atoms with Gasteiger partial charge in [0, 0.05) is 11.4 Å². The van der Waals surface area contributed by atoms with Crippen LogP contribution in [0.5, 0.6) is 0 Å². The predicted molar refractivity (Wildman–Crippen MR) is 81.8 cm³/mol. The van der Waals surface area contributed by atoms with E-state index in [4.69, 9.17) is 17.3 Å². The topological polar surface area (TPSA) is 84.2 Å². The lowest BCUT2D eigenvalue weighted by molar-refractivity contribution is 0.588. The molecule has 0 spiro atoms. The van der Waals surface area contributed by atoms with Gasteiger partial charge < -0.3 is 11.1 Å². The maximum atomic E-state index is 11.6. The molecule has 7 heteroatoms. The number of hydrogen-bond acceptors (Lipinski definition) is 4. The highest BCUT2D eigenvalue weighted by molar-refractivity contribution is 7.89. The number of benzene rings is 2. The van der Waals surface area contributed by atoms with Crippen LogP contribution in [-0.2, 0) is 10.0 Å². The van der Waals surface area contributed by atoms with Gasteiger partial charge in [0.05, 0.1) is 15.6 Å². The SMILES string of the molecule is CNS(=O)(=O)c1ccc(Nc2cc(N)ccc2Cl)cc1. The average Bonchev–Trinajstić information content (AvgIpc) is 2.43. The normalized spacial score (nSPS) is 11.3. The number of nitrogen functional groups attached to an aromatic ring is 1. The van der Waals surface area contributed by atoms with Gasteiger partial charge in [-0.25, -0.2) is 13.1 Å². The molecule has 0 saturated heterocycles. The molecule has 0 amide bonds. The van der Waals surface area contributed by atoms with Crippen molar-refractivity contribution in [3.63, 3.8) is 0 Å². The number of rotatable bonds is 4. The molecule has 2 rings (SSSR count). The third-order valence-corrected chi connectivity index (χ3v) is 4.46. The highest BCUT2D eigenvalue weighted by atomic mass is 35.5. The van der Waals surface area contributed by atoms with E-state index >= 15 is 0 Å². The van der Waals surface area contributed by atoms with Gasteiger partial charge in [0.2, 0.25) is 10.0 Å². The first-order valence-electron chi connectivity index (χ1n) is 5.78. The second kappa shape index (κ2) is 5.70. The molecular formula is C13H14ClN3O2S. The third-order valence-electron chi connectivity index (χ3n) is 2.70. The van der Waals surface area contributed by atoms with Crippen LogP contribution in [0.15, 0.2) is 47.4 Å². The van der Waals surface area contributed by atoms with Crippen molar-refractivity contribution in [3.05, 3.63) is 47.5 Å². The lowest BCUT2D eigenvalue weighted by Crippen LogP contribution is -2.18. The summed E-state index contributed by atoms with van der Waals surface area (Å²) in [4.78, 5) is 0.198. The first kappa shape index (κ1) is 14.6. The van der Waals surface area contributed by atoms with E-state index < -0.39 is 10.0 Å². The summed E-state index contributed by atoms with van der Waals surface area (Å²) in [5.41, 5.74) is 7.66. The standard InChI is InChI=1S/C13H14ClN3O2S/c1-16-20(18,19)11-5-3-10(4-6-11)17-13-8-9(15)2-7-12(13)14/h2-8,16-17H,15H2,1H3. The summed E-state index contributed by atoms with van der Waals surface area (Å²) < 4.78 is 25.5. The van der Waals surface area contributed by atoms with Gasteiger partial charge in [-0.15, -0.1) is 0 Å². The van der Waals surface area contributed by atoms with Crippen LogP contribution in [0.25, 0.3) is 0 Å². The van der Waals surface area contributed by atoms with Crippen molar-refractivity contribution in [3.8, 4) is 0 Å². The van der Waals surface area contributed by atoms with Crippen LogP contribution < -0.4 is 15.8 Å². The molecule has 0 fully saturated rings. The van der Waals surface area contributed by atoms with Gasteiger partial charge in [-0.1, -0.05) is 11.6 Å². The summed E-state index contributed by atoms with van der Waals surface area (Å²) in [6.07, 6.45) is 0. The number of hydrogen-bond donors (Lipinski definition) is 3. The Morgan fingerprint density at radius 2 is 1.75 bits per heavy atom. The molecule has 2 aromatic rings. The molecule has 0 aromatic heterocycles. The molecule has 5 nitrogen and oxygen atoms in total. The van der Waals surface area contributed by atoms with Crippen molar-refractivity contribution in [1.82, 2.24) is 4.72 Å². The van der Waals surface area contributed by atoms with Crippen molar-refractivity contribution in [2.75, 3.05) is 18.1 Å². The maximum Gasteiger partial charge on any atom is 0.240 e. The molecule has 0 unspecified atom stereocenters. The Morgan fingerprint density at radius 3 is 2.35 bits per heavy atom. The fourth-order valence-corrected chi connectivity index (χ4v) is 2.52. The maximum absolute atomic E-state index is 11.6. The number of halogens is 1. The van der Waals surface area contributed by atoms with Gasteiger partial charge >= 0.3 is 0 Å². The first-order chi connectivity index (χ1) is 9.42. The zero-order valence-corrected chi connectivity index (χ0v) is 12.3. The highest BCUT2D eigenvalue weighted by Gasteiger charge is 2.10. The summed E-state index contributed by atoms with van der Waals surface area (Å²) in [5, 5.41) is 3.62. The van der Waals surface area contributed by atoms with E-state index in [1.807, 2.05) is 0 Å². The summed E-state index contributed by atoms with van der Waals surface area (Å²) in [6, 6.07) is 11.4. The summed E-state index contributed by atoms with van der Waals surface area (Å²) in [5.74, 6) is 0. The van der Waals surface area contributed by atoms with E-state index in [0.717, 1.165) is 0 Å². The molecule has 20 heavy (non-hydrogen) atoms. The molecular weight excluding hydrogens is 298 g/mol. The van der Waals surface area contributed by atoms with Gasteiger partial charge in [0.1, 0.15) is 0 Å². The lowest BCUT2D eigenvalue weighted by atomic mass is 10.2. The molecule has 0 radical (unpaired) electrons. The van der Waals surface area contributed by atoms with Crippen LogP contribution in [0, 0.1) is 0 Å². The Morgan fingerprint density at radius 1 is 1.10 bits per heavy atom. The van der Waals surface area contributed by atoms with Gasteiger partial charge in [-0.05, 0) is 49.5 Å². The van der Waals surface area contributed by atoms with Gasteiger partial charge in [0.15, 0.2) is 0 Å². The molecule has 0 heterocycles. The van der Waals surface area contributed by atoms with E-state index in [2.05, 4.69) is 10.0 Å². The van der Waals surface area contributed by atoms with Crippen LogP contribution in [0.4, 0.5) is 17.1 Å². The summed E-state index contributed by atoms with van der Waals surface area (Å²) >= 11 is 6.05. The third kappa shape index (κ3) is 3.22. The number of anilines is 3. The summed E-state index contributed by atoms with van der Waals surface area (Å²) in [6.45, 7) is 0.